The van der Waals surface area contributed by atoms with E-state index in [-0.39, 0.29) is 5.41 Å². The van der Waals surface area contributed by atoms with E-state index < -0.39 is 0 Å². The summed E-state index contributed by atoms with van der Waals surface area (Å²) in [5.41, 5.74) is 1.19. The molecule has 1 aromatic rings. The SMILES string of the molecule is COc1ccnc(CN2CCNC(C(C)(C)C)C2)c1OC. The van der Waals surface area contributed by atoms with E-state index in [9.17, 15) is 0 Å². The van der Waals surface area contributed by atoms with Crippen LogP contribution in [-0.4, -0.2) is 49.8 Å². The van der Waals surface area contributed by atoms with Crippen molar-refractivity contribution < 1.29 is 9.47 Å². The fraction of sp³-hybridized carbons (Fsp3) is 0.688. The van der Waals surface area contributed by atoms with Gasteiger partial charge < -0.3 is 14.8 Å². The Balaban J connectivity index is 2.11. The van der Waals surface area contributed by atoms with Crippen molar-refractivity contribution in [3.63, 3.8) is 0 Å². The number of ether oxygens (including phenoxy) is 2. The fourth-order valence-electron chi connectivity index (χ4n) is 2.71. The van der Waals surface area contributed by atoms with Gasteiger partial charge in [0.25, 0.3) is 0 Å². The molecule has 0 bridgehead atoms. The molecule has 1 fully saturated rings. The standard InChI is InChI=1S/C16H27N3O2/c1-16(2,3)14-11-19(9-8-18-14)10-12-15(21-5)13(20-4)6-7-17-12/h6-7,14,18H,8-11H2,1-5H3. The van der Waals surface area contributed by atoms with Crippen LogP contribution in [0.1, 0.15) is 26.5 Å². The molecule has 0 saturated carbocycles. The molecule has 5 heteroatoms. The van der Waals surface area contributed by atoms with Gasteiger partial charge in [-0.05, 0) is 5.41 Å². The van der Waals surface area contributed by atoms with Crippen LogP contribution in [0.25, 0.3) is 0 Å². The van der Waals surface area contributed by atoms with E-state index in [1.807, 2.05) is 6.07 Å². The molecule has 0 aliphatic carbocycles. The Morgan fingerprint density at radius 1 is 1.33 bits per heavy atom. The maximum absolute atomic E-state index is 5.47. The van der Waals surface area contributed by atoms with Gasteiger partial charge in [0.1, 0.15) is 5.69 Å². The summed E-state index contributed by atoms with van der Waals surface area (Å²) < 4.78 is 10.8. The lowest BCUT2D eigenvalue weighted by Crippen LogP contribution is -2.55. The molecule has 0 aromatic carbocycles. The maximum Gasteiger partial charge on any atom is 0.183 e. The summed E-state index contributed by atoms with van der Waals surface area (Å²) in [4.78, 5) is 6.90. The zero-order valence-electron chi connectivity index (χ0n) is 13.8. The van der Waals surface area contributed by atoms with Gasteiger partial charge in [0.2, 0.25) is 0 Å². The highest BCUT2D eigenvalue weighted by Gasteiger charge is 2.29. The molecule has 1 unspecified atom stereocenters. The van der Waals surface area contributed by atoms with Gasteiger partial charge in [0.05, 0.1) is 14.2 Å². The Hall–Kier alpha value is -1.33. The maximum atomic E-state index is 5.47. The van der Waals surface area contributed by atoms with Crippen molar-refractivity contribution in [3.05, 3.63) is 18.0 Å². The molecular weight excluding hydrogens is 266 g/mol. The van der Waals surface area contributed by atoms with Crippen LogP contribution in [0, 0.1) is 5.41 Å². The Morgan fingerprint density at radius 3 is 2.71 bits per heavy atom. The number of nitrogens with one attached hydrogen (secondary N) is 1. The molecule has 0 amide bonds. The lowest BCUT2D eigenvalue weighted by molar-refractivity contribution is 0.127. The second-order valence-corrected chi connectivity index (χ2v) is 6.60. The fourth-order valence-corrected chi connectivity index (χ4v) is 2.71. The third-order valence-corrected chi connectivity index (χ3v) is 4.04. The molecule has 1 aromatic heterocycles. The molecule has 0 spiro atoms. The molecule has 5 nitrogen and oxygen atoms in total. The molecule has 1 saturated heterocycles. The number of hydrogen-bond acceptors (Lipinski definition) is 5. The molecule has 21 heavy (non-hydrogen) atoms. The highest BCUT2D eigenvalue weighted by Crippen LogP contribution is 2.30. The van der Waals surface area contributed by atoms with Crippen LogP contribution in [0.15, 0.2) is 12.3 Å². The third kappa shape index (κ3) is 3.86. The van der Waals surface area contributed by atoms with Gasteiger partial charge in [-0.2, -0.15) is 0 Å². The number of pyridine rings is 1. The first-order valence-electron chi connectivity index (χ1n) is 7.47. The van der Waals surface area contributed by atoms with Crippen LogP contribution in [0.2, 0.25) is 0 Å². The highest BCUT2D eigenvalue weighted by atomic mass is 16.5. The van der Waals surface area contributed by atoms with E-state index in [0.717, 1.165) is 43.4 Å². The quantitative estimate of drug-likeness (QED) is 0.919. The van der Waals surface area contributed by atoms with E-state index in [0.29, 0.717) is 6.04 Å². The minimum atomic E-state index is 0.255. The summed E-state index contributed by atoms with van der Waals surface area (Å²) in [6.45, 7) is 10.7. The number of nitrogens with zero attached hydrogens (tertiary/aromatic N) is 2. The van der Waals surface area contributed by atoms with Gasteiger partial charge in [-0.15, -0.1) is 0 Å². The molecule has 2 rings (SSSR count). The summed E-state index contributed by atoms with van der Waals surface area (Å²) in [5, 5.41) is 3.61. The van der Waals surface area contributed by atoms with Gasteiger partial charge in [-0.1, -0.05) is 20.8 Å². The van der Waals surface area contributed by atoms with Crippen LogP contribution >= 0.6 is 0 Å². The molecule has 2 heterocycles. The minimum Gasteiger partial charge on any atom is -0.493 e. The number of aromatic nitrogens is 1. The van der Waals surface area contributed by atoms with Crippen molar-refractivity contribution in [2.75, 3.05) is 33.9 Å². The number of rotatable bonds is 4. The minimum absolute atomic E-state index is 0.255. The van der Waals surface area contributed by atoms with Crippen molar-refractivity contribution in [1.29, 1.82) is 0 Å². The molecule has 118 valence electrons. The summed E-state index contributed by atoms with van der Waals surface area (Å²) in [7, 11) is 3.32. The van der Waals surface area contributed by atoms with E-state index in [1.54, 1.807) is 20.4 Å². The Morgan fingerprint density at radius 2 is 2.10 bits per heavy atom. The second kappa shape index (κ2) is 6.62. The predicted octanol–water partition coefficient (Wildman–Crippen LogP) is 1.92. The molecule has 1 aliphatic heterocycles. The zero-order valence-corrected chi connectivity index (χ0v) is 13.8. The number of hydrogen-bond donors (Lipinski definition) is 1. The number of methoxy groups -OCH3 is 2. The Labute approximate surface area is 127 Å². The molecule has 1 N–H and O–H groups in total. The van der Waals surface area contributed by atoms with E-state index in [1.165, 1.54) is 0 Å². The summed E-state index contributed by atoms with van der Waals surface area (Å²) in [6.07, 6.45) is 1.78. The van der Waals surface area contributed by atoms with Crippen LogP contribution in [-0.2, 0) is 6.54 Å². The normalized spacial score (nSPS) is 20.3. The van der Waals surface area contributed by atoms with E-state index in [2.05, 4.69) is 36.0 Å². The average Bonchev–Trinajstić information content (AvgIpc) is 2.46. The predicted molar refractivity (Wildman–Crippen MR) is 83.9 cm³/mol. The largest absolute Gasteiger partial charge is 0.493 e. The van der Waals surface area contributed by atoms with Crippen molar-refractivity contribution in [3.8, 4) is 11.5 Å². The van der Waals surface area contributed by atoms with Crippen LogP contribution in [0.4, 0.5) is 0 Å². The van der Waals surface area contributed by atoms with E-state index >= 15 is 0 Å². The van der Waals surface area contributed by atoms with Crippen LogP contribution in [0.3, 0.4) is 0 Å². The highest BCUT2D eigenvalue weighted by molar-refractivity contribution is 5.42. The lowest BCUT2D eigenvalue weighted by atomic mass is 9.85. The van der Waals surface area contributed by atoms with Gasteiger partial charge in [-0.25, -0.2) is 0 Å². The second-order valence-electron chi connectivity index (χ2n) is 6.60. The molecule has 0 radical (unpaired) electrons. The van der Waals surface area contributed by atoms with Gasteiger partial charge >= 0.3 is 0 Å². The topological polar surface area (TPSA) is 46.6 Å². The smallest absolute Gasteiger partial charge is 0.183 e. The van der Waals surface area contributed by atoms with Crippen LogP contribution < -0.4 is 14.8 Å². The monoisotopic (exact) mass is 293 g/mol. The Bertz CT molecular complexity index is 471. The van der Waals surface area contributed by atoms with Gasteiger partial charge in [0.15, 0.2) is 11.5 Å². The van der Waals surface area contributed by atoms with E-state index in [4.69, 9.17) is 9.47 Å². The first kappa shape index (κ1) is 16.0. The Kier molecular flexibility index (Phi) is 5.06. The third-order valence-electron chi connectivity index (χ3n) is 4.04. The summed E-state index contributed by atoms with van der Waals surface area (Å²) >= 11 is 0. The summed E-state index contributed by atoms with van der Waals surface area (Å²) in [6, 6.07) is 2.32. The van der Waals surface area contributed by atoms with Crippen molar-refractivity contribution >= 4 is 0 Å². The lowest BCUT2D eigenvalue weighted by Gasteiger charge is -2.40. The summed E-state index contributed by atoms with van der Waals surface area (Å²) in [5.74, 6) is 1.48. The first-order valence-corrected chi connectivity index (χ1v) is 7.47. The zero-order chi connectivity index (χ0) is 15.5. The van der Waals surface area contributed by atoms with Crippen molar-refractivity contribution in [2.24, 2.45) is 5.41 Å². The van der Waals surface area contributed by atoms with Gasteiger partial charge in [0, 0.05) is 44.5 Å². The average molecular weight is 293 g/mol. The van der Waals surface area contributed by atoms with Gasteiger partial charge in [-0.3, -0.25) is 9.88 Å². The number of piperazine rings is 1. The first-order chi connectivity index (χ1) is 9.95. The van der Waals surface area contributed by atoms with Crippen LogP contribution in [0.5, 0.6) is 11.5 Å². The molecule has 1 atom stereocenters. The van der Waals surface area contributed by atoms with Crippen molar-refractivity contribution in [2.45, 2.75) is 33.4 Å². The molecule has 1 aliphatic rings. The molecular formula is C16H27N3O2. The van der Waals surface area contributed by atoms with Crippen molar-refractivity contribution in [1.82, 2.24) is 15.2 Å².